The van der Waals surface area contributed by atoms with Crippen molar-refractivity contribution in [3.8, 4) is 0 Å². The molecule has 27 heavy (non-hydrogen) atoms. The fourth-order valence-corrected chi connectivity index (χ4v) is 2.97. The number of alkyl halides is 1. The van der Waals surface area contributed by atoms with Gasteiger partial charge in [0.05, 0.1) is 23.4 Å². The van der Waals surface area contributed by atoms with Crippen LogP contribution in [-0.4, -0.2) is 65.0 Å². The summed E-state index contributed by atoms with van der Waals surface area (Å²) in [6.07, 6.45) is 1.70. The molecule has 0 amide bonds. The summed E-state index contributed by atoms with van der Waals surface area (Å²) in [7, 11) is 1.97. The topological polar surface area (TPSA) is 82.9 Å². The Morgan fingerprint density at radius 1 is 1.44 bits per heavy atom. The normalized spacial score (nSPS) is 18.2. The van der Waals surface area contributed by atoms with Crippen molar-refractivity contribution in [3.05, 3.63) is 28.5 Å². The van der Waals surface area contributed by atoms with Gasteiger partial charge >= 0.3 is 0 Å². The first-order valence-electron chi connectivity index (χ1n) is 8.93. The second-order valence-electron chi connectivity index (χ2n) is 7.81. The van der Waals surface area contributed by atoms with E-state index in [1.165, 1.54) is 6.20 Å². The largest absolute Gasteiger partial charge is 0.462 e. The first kappa shape index (κ1) is 23.8. The number of carbonyl (C=O) groups excluding carboxylic acids is 1. The molecule has 0 spiro atoms. The maximum Gasteiger partial charge on any atom is 0.293 e. The molecule has 154 valence electrons. The van der Waals surface area contributed by atoms with Crippen LogP contribution < -0.4 is 0 Å². The van der Waals surface area contributed by atoms with E-state index in [1.54, 1.807) is 6.07 Å². The van der Waals surface area contributed by atoms with Gasteiger partial charge in [0.15, 0.2) is 5.67 Å². The molecule has 1 aliphatic rings. The number of carbonyl (C=O) groups is 1. The number of aliphatic hydroxyl groups is 2. The van der Waals surface area contributed by atoms with Crippen LogP contribution in [0.2, 0.25) is 5.02 Å². The Labute approximate surface area is 165 Å². The number of rotatable bonds is 5. The van der Waals surface area contributed by atoms with Crippen LogP contribution in [0.5, 0.6) is 0 Å². The first-order valence-corrected chi connectivity index (χ1v) is 9.31. The summed E-state index contributed by atoms with van der Waals surface area (Å²) in [6, 6.07) is 1.63. The third-order valence-corrected chi connectivity index (χ3v) is 4.47. The molecule has 0 radical (unpaired) electrons. The second kappa shape index (κ2) is 10.3. The minimum atomic E-state index is -1.47. The predicted molar refractivity (Wildman–Crippen MR) is 102 cm³/mol. The third kappa shape index (κ3) is 8.09. The molecule has 1 aliphatic heterocycles. The van der Waals surface area contributed by atoms with E-state index >= 15 is 0 Å². The van der Waals surface area contributed by atoms with Gasteiger partial charge in [0, 0.05) is 25.7 Å². The number of pyridine rings is 1. The highest BCUT2D eigenvalue weighted by Gasteiger charge is 2.38. The van der Waals surface area contributed by atoms with Crippen LogP contribution >= 0.6 is 11.6 Å². The molecule has 1 aromatic rings. The van der Waals surface area contributed by atoms with Crippen molar-refractivity contribution < 1.29 is 24.1 Å². The van der Waals surface area contributed by atoms with Gasteiger partial charge in [-0.25, -0.2) is 4.39 Å². The van der Waals surface area contributed by atoms with Crippen LogP contribution in [0.3, 0.4) is 0 Å². The summed E-state index contributed by atoms with van der Waals surface area (Å²) < 4.78 is 19.5. The highest BCUT2D eigenvalue weighted by Crippen LogP contribution is 2.39. The fraction of sp³-hybridized carbons (Fsp3) is 0.684. The number of likely N-dealkylation sites (tertiary alicyclic amines) is 1. The standard InChI is InChI=1S/C14H20ClFN2O2.C5H10O2/c1-18-4-2-14(16,3-5-18)13-12(15)7-10(8-17-13)6-11(20)9-19;1-5(2,3)7-4-6/h7-8,11,19-20H,2-6,9H2,1H3;4H,1-3H3/t11-;/m1./s1. The molecule has 2 heterocycles. The van der Waals surface area contributed by atoms with Gasteiger partial charge in [0.25, 0.3) is 6.47 Å². The molecule has 0 aliphatic carbocycles. The van der Waals surface area contributed by atoms with Crippen LogP contribution in [0, 0.1) is 0 Å². The van der Waals surface area contributed by atoms with E-state index in [0.717, 1.165) is 0 Å². The zero-order valence-electron chi connectivity index (χ0n) is 16.4. The van der Waals surface area contributed by atoms with Crippen LogP contribution in [0.1, 0.15) is 44.9 Å². The second-order valence-corrected chi connectivity index (χ2v) is 8.22. The Morgan fingerprint density at radius 3 is 2.44 bits per heavy atom. The van der Waals surface area contributed by atoms with Crippen molar-refractivity contribution in [2.45, 2.75) is 57.4 Å². The van der Waals surface area contributed by atoms with Crippen molar-refractivity contribution >= 4 is 18.1 Å². The fourth-order valence-electron chi connectivity index (χ4n) is 2.61. The van der Waals surface area contributed by atoms with Crippen molar-refractivity contribution in [2.75, 3.05) is 26.7 Å². The van der Waals surface area contributed by atoms with Gasteiger partial charge < -0.3 is 19.8 Å². The van der Waals surface area contributed by atoms with E-state index in [2.05, 4.69) is 14.6 Å². The summed E-state index contributed by atoms with van der Waals surface area (Å²) in [5.74, 6) is 0. The number of nitrogens with zero attached hydrogens (tertiary/aromatic N) is 2. The maximum atomic E-state index is 14.9. The van der Waals surface area contributed by atoms with Gasteiger partial charge in [-0.2, -0.15) is 0 Å². The molecule has 8 heteroatoms. The lowest BCUT2D eigenvalue weighted by atomic mass is 9.89. The van der Waals surface area contributed by atoms with E-state index in [-0.39, 0.29) is 24.3 Å². The highest BCUT2D eigenvalue weighted by molar-refractivity contribution is 6.31. The number of aromatic nitrogens is 1. The third-order valence-electron chi connectivity index (χ3n) is 4.19. The summed E-state index contributed by atoms with van der Waals surface area (Å²) in [6.45, 7) is 6.96. The maximum absolute atomic E-state index is 14.9. The molecule has 2 N–H and O–H groups in total. The molecule has 2 rings (SSSR count). The molecule has 1 atom stereocenters. The van der Waals surface area contributed by atoms with Crippen molar-refractivity contribution in [2.24, 2.45) is 0 Å². The quantitative estimate of drug-likeness (QED) is 0.733. The lowest BCUT2D eigenvalue weighted by Crippen LogP contribution is -2.38. The average Bonchev–Trinajstić information content (AvgIpc) is 2.57. The summed E-state index contributed by atoms with van der Waals surface area (Å²) in [4.78, 5) is 15.8. The summed E-state index contributed by atoms with van der Waals surface area (Å²) >= 11 is 6.16. The minimum Gasteiger partial charge on any atom is -0.462 e. The molecule has 1 aromatic heterocycles. The van der Waals surface area contributed by atoms with Crippen LogP contribution in [0.15, 0.2) is 12.3 Å². The van der Waals surface area contributed by atoms with Gasteiger partial charge in [-0.3, -0.25) is 9.78 Å². The smallest absolute Gasteiger partial charge is 0.293 e. The predicted octanol–water partition coefficient (Wildman–Crippen LogP) is 2.48. The van der Waals surface area contributed by atoms with Gasteiger partial charge in [0.2, 0.25) is 0 Å². The van der Waals surface area contributed by atoms with Crippen molar-refractivity contribution in [1.29, 1.82) is 0 Å². The monoisotopic (exact) mass is 404 g/mol. The van der Waals surface area contributed by atoms with Crippen molar-refractivity contribution in [1.82, 2.24) is 9.88 Å². The van der Waals surface area contributed by atoms with Gasteiger partial charge in [-0.15, -0.1) is 0 Å². The Morgan fingerprint density at radius 2 is 2.04 bits per heavy atom. The molecule has 0 saturated carbocycles. The number of halogens is 2. The lowest BCUT2D eigenvalue weighted by molar-refractivity contribution is -0.138. The lowest BCUT2D eigenvalue weighted by Gasteiger charge is -2.34. The zero-order valence-corrected chi connectivity index (χ0v) is 17.2. The molecule has 0 aromatic carbocycles. The van der Waals surface area contributed by atoms with E-state index in [1.807, 2.05) is 27.8 Å². The van der Waals surface area contributed by atoms with Crippen molar-refractivity contribution in [3.63, 3.8) is 0 Å². The molecule has 0 bridgehead atoms. The Balaban J connectivity index is 0.000000445. The number of ether oxygens (including phenoxy) is 1. The van der Waals surface area contributed by atoms with E-state index < -0.39 is 11.8 Å². The van der Waals surface area contributed by atoms with Gasteiger partial charge in [-0.05, 0) is 52.3 Å². The molecule has 1 fully saturated rings. The number of hydrogen-bond donors (Lipinski definition) is 2. The Hall–Kier alpha value is -1.28. The van der Waals surface area contributed by atoms with Crippen LogP contribution in [0.25, 0.3) is 0 Å². The Bertz CT molecular complexity index is 602. The molecule has 1 saturated heterocycles. The van der Waals surface area contributed by atoms with Crippen LogP contribution in [0.4, 0.5) is 4.39 Å². The minimum absolute atomic E-state index is 0.255. The SMILES string of the molecule is CC(C)(C)OC=O.CN1CCC(F)(c2ncc(C[C@@H](O)CO)cc2Cl)CC1. The molecular weight excluding hydrogens is 375 g/mol. The zero-order chi connectivity index (χ0) is 20.7. The van der Waals surface area contributed by atoms with E-state index in [0.29, 0.717) is 43.0 Å². The number of piperidine rings is 1. The number of aliphatic hydroxyl groups excluding tert-OH is 2. The highest BCUT2D eigenvalue weighted by atomic mass is 35.5. The van der Waals surface area contributed by atoms with Gasteiger partial charge in [-0.1, -0.05) is 11.6 Å². The van der Waals surface area contributed by atoms with Gasteiger partial charge in [0.1, 0.15) is 5.60 Å². The summed E-state index contributed by atoms with van der Waals surface area (Å²) in [5.41, 5.74) is -0.814. The van der Waals surface area contributed by atoms with E-state index in [4.69, 9.17) is 16.7 Å². The molecule has 0 unspecified atom stereocenters. The number of hydrogen-bond acceptors (Lipinski definition) is 6. The Kier molecular flexibility index (Phi) is 9.08. The summed E-state index contributed by atoms with van der Waals surface area (Å²) in [5, 5.41) is 18.5. The average molecular weight is 405 g/mol. The molecule has 6 nitrogen and oxygen atoms in total. The first-order chi connectivity index (χ1) is 12.5. The van der Waals surface area contributed by atoms with Crippen LogP contribution in [-0.2, 0) is 21.6 Å². The van der Waals surface area contributed by atoms with E-state index in [9.17, 15) is 14.3 Å². The molecular formula is C19H30ClFN2O4.